The molecule has 0 aromatic heterocycles. The van der Waals surface area contributed by atoms with Crippen molar-refractivity contribution >= 4 is 11.9 Å². The Balaban J connectivity index is 1.49. The molecular weight excluding hydrogens is 370 g/mol. The number of carbonyl (C=O) groups excluding carboxylic acids is 1. The molecular formula is C21H33N5O3. The summed E-state index contributed by atoms with van der Waals surface area (Å²) >= 11 is 0. The standard InChI is InChI=1S/C21H33N5O3/c1-22-21(26-8-7-18(15-26)25-9-11-28-12-10-25)23-14-17-5-4-6-19(13-17)29-16-20(27)24(2)3/h4-6,13,18H,7-12,14-16H2,1-3H3,(H,22,23). The molecule has 29 heavy (non-hydrogen) atoms. The Morgan fingerprint density at radius 1 is 1.31 bits per heavy atom. The van der Waals surface area contributed by atoms with Crippen molar-refractivity contribution in [3.63, 3.8) is 0 Å². The fourth-order valence-electron chi connectivity index (χ4n) is 3.71. The van der Waals surface area contributed by atoms with E-state index in [1.165, 1.54) is 4.90 Å². The Morgan fingerprint density at radius 2 is 2.10 bits per heavy atom. The van der Waals surface area contributed by atoms with Crippen LogP contribution in [0.15, 0.2) is 29.3 Å². The number of hydrogen-bond donors (Lipinski definition) is 1. The molecule has 2 heterocycles. The Kier molecular flexibility index (Phi) is 7.71. The summed E-state index contributed by atoms with van der Waals surface area (Å²) in [4.78, 5) is 22.6. The lowest BCUT2D eigenvalue weighted by Crippen LogP contribution is -2.46. The van der Waals surface area contributed by atoms with Gasteiger partial charge in [0.2, 0.25) is 0 Å². The van der Waals surface area contributed by atoms with Crippen LogP contribution in [0.4, 0.5) is 0 Å². The average Bonchev–Trinajstić information content (AvgIpc) is 3.23. The Labute approximate surface area is 173 Å². The topological polar surface area (TPSA) is 69.6 Å². The molecule has 1 aromatic rings. The number of likely N-dealkylation sites (N-methyl/N-ethyl adjacent to an activating group) is 1. The van der Waals surface area contributed by atoms with E-state index in [2.05, 4.69) is 20.1 Å². The van der Waals surface area contributed by atoms with Gasteiger partial charge in [-0.05, 0) is 24.1 Å². The number of aliphatic imine (C=N–C) groups is 1. The average molecular weight is 404 g/mol. The maximum Gasteiger partial charge on any atom is 0.259 e. The molecule has 2 fully saturated rings. The third-order valence-corrected chi connectivity index (χ3v) is 5.45. The van der Waals surface area contributed by atoms with Crippen LogP contribution in [0, 0.1) is 0 Å². The molecule has 1 amide bonds. The van der Waals surface area contributed by atoms with E-state index >= 15 is 0 Å². The predicted octanol–water partition coefficient (Wildman–Crippen LogP) is 0.636. The summed E-state index contributed by atoms with van der Waals surface area (Å²) in [6, 6.07) is 8.39. The zero-order valence-electron chi connectivity index (χ0n) is 17.8. The van der Waals surface area contributed by atoms with E-state index in [1.54, 1.807) is 14.1 Å². The van der Waals surface area contributed by atoms with Gasteiger partial charge in [0.25, 0.3) is 5.91 Å². The molecule has 1 aromatic carbocycles. The van der Waals surface area contributed by atoms with E-state index in [0.29, 0.717) is 18.3 Å². The van der Waals surface area contributed by atoms with Crippen LogP contribution in [0.5, 0.6) is 5.75 Å². The van der Waals surface area contributed by atoms with Crippen LogP contribution in [0.25, 0.3) is 0 Å². The summed E-state index contributed by atoms with van der Waals surface area (Å²) in [7, 11) is 5.27. The van der Waals surface area contributed by atoms with Crippen molar-refractivity contribution in [3.05, 3.63) is 29.8 Å². The molecule has 3 rings (SSSR count). The second-order valence-corrected chi connectivity index (χ2v) is 7.66. The maximum atomic E-state index is 11.7. The summed E-state index contributed by atoms with van der Waals surface area (Å²) in [6.07, 6.45) is 1.16. The minimum absolute atomic E-state index is 0.0439. The van der Waals surface area contributed by atoms with Crippen LogP contribution in [-0.4, -0.2) is 99.8 Å². The Hall–Kier alpha value is -2.32. The second kappa shape index (κ2) is 10.5. The third-order valence-electron chi connectivity index (χ3n) is 5.45. The SMILES string of the molecule is CN=C(NCc1cccc(OCC(=O)N(C)C)c1)N1CCC(N2CCOCC2)C1. The zero-order valence-corrected chi connectivity index (χ0v) is 17.8. The first kappa shape index (κ1) is 21.4. The van der Waals surface area contributed by atoms with Crippen LogP contribution in [-0.2, 0) is 16.1 Å². The number of ether oxygens (including phenoxy) is 2. The van der Waals surface area contributed by atoms with Gasteiger partial charge in [-0.2, -0.15) is 0 Å². The number of morpholine rings is 1. The van der Waals surface area contributed by atoms with Gasteiger partial charge in [0.05, 0.1) is 13.2 Å². The van der Waals surface area contributed by atoms with Gasteiger partial charge < -0.3 is 24.6 Å². The lowest BCUT2D eigenvalue weighted by atomic mass is 10.2. The lowest BCUT2D eigenvalue weighted by molar-refractivity contribution is -0.130. The molecule has 2 aliphatic heterocycles. The number of rotatable bonds is 6. The lowest BCUT2D eigenvalue weighted by Gasteiger charge is -2.32. The van der Waals surface area contributed by atoms with Gasteiger partial charge in [0, 0.05) is 59.9 Å². The van der Waals surface area contributed by atoms with E-state index in [-0.39, 0.29) is 12.5 Å². The molecule has 2 saturated heterocycles. The fourth-order valence-corrected chi connectivity index (χ4v) is 3.71. The van der Waals surface area contributed by atoms with Gasteiger partial charge >= 0.3 is 0 Å². The first-order chi connectivity index (χ1) is 14.1. The van der Waals surface area contributed by atoms with Gasteiger partial charge in [-0.15, -0.1) is 0 Å². The molecule has 1 unspecified atom stereocenters. The number of likely N-dealkylation sites (tertiary alicyclic amines) is 1. The van der Waals surface area contributed by atoms with Crippen LogP contribution >= 0.6 is 0 Å². The highest BCUT2D eigenvalue weighted by Gasteiger charge is 2.30. The number of nitrogens with zero attached hydrogens (tertiary/aromatic N) is 4. The van der Waals surface area contributed by atoms with Crippen molar-refractivity contribution in [2.45, 2.75) is 19.0 Å². The van der Waals surface area contributed by atoms with Crippen molar-refractivity contribution in [2.24, 2.45) is 4.99 Å². The largest absolute Gasteiger partial charge is 0.484 e. The van der Waals surface area contributed by atoms with Gasteiger partial charge in [-0.1, -0.05) is 12.1 Å². The molecule has 2 aliphatic rings. The molecule has 0 spiro atoms. The van der Waals surface area contributed by atoms with Gasteiger partial charge in [0.15, 0.2) is 12.6 Å². The minimum Gasteiger partial charge on any atom is -0.484 e. The van der Waals surface area contributed by atoms with E-state index in [1.807, 2.05) is 31.3 Å². The van der Waals surface area contributed by atoms with Crippen molar-refractivity contribution in [2.75, 3.05) is 67.1 Å². The van der Waals surface area contributed by atoms with Crippen LogP contribution < -0.4 is 10.1 Å². The molecule has 0 radical (unpaired) electrons. The first-order valence-electron chi connectivity index (χ1n) is 10.3. The highest BCUT2D eigenvalue weighted by Crippen LogP contribution is 2.18. The van der Waals surface area contributed by atoms with E-state index in [9.17, 15) is 4.79 Å². The second-order valence-electron chi connectivity index (χ2n) is 7.66. The van der Waals surface area contributed by atoms with Crippen LogP contribution in [0.3, 0.4) is 0 Å². The van der Waals surface area contributed by atoms with Crippen LogP contribution in [0.1, 0.15) is 12.0 Å². The monoisotopic (exact) mass is 403 g/mol. The number of carbonyl (C=O) groups is 1. The highest BCUT2D eigenvalue weighted by atomic mass is 16.5. The van der Waals surface area contributed by atoms with E-state index in [0.717, 1.165) is 57.3 Å². The smallest absolute Gasteiger partial charge is 0.259 e. The summed E-state index contributed by atoms with van der Waals surface area (Å²) in [5, 5.41) is 3.46. The highest BCUT2D eigenvalue weighted by molar-refractivity contribution is 5.80. The molecule has 1 N–H and O–H groups in total. The number of guanidine groups is 1. The summed E-state index contributed by atoms with van der Waals surface area (Å²) in [5.74, 6) is 1.57. The van der Waals surface area contributed by atoms with Gasteiger partial charge in [-0.3, -0.25) is 14.7 Å². The van der Waals surface area contributed by atoms with Gasteiger partial charge in [-0.25, -0.2) is 0 Å². The molecule has 0 bridgehead atoms. The third kappa shape index (κ3) is 6.08. The molecule has 8 heteroatoms. The molecule has 0 aliphatic carbocycles. The number of nitrogens with one attached hydrogen (secondary N) is 1. The summed E-state index contributed by atoms with van der Waals surface area (Å²) in [5.41, 5.74) is 1.09. The number of amides is 1. The van der Waals surface area contributed by atoms with Crippen molar-refractivity contribution in [1.29, 1.82) is 0 Å². The van der Waals surface area contributed by atoms with Crippen molar-refractivity contribution in [3.8, 4) is 5.75 Å². The Morgan fingerprint density at radius 3 is 2.83 bits per heavy atom. The van der Waals surface area contributed by atoms with Crippen LogP contribution in [0.2, 0.25) is 0 Å². The van der Waals surface area contributed by atoms with E-state index < -0.39 is 0 Å². The summed E-state index contributed by atoms with van der Waals surface area (Å²) < 4.78 is 11.1. The normalized spacial score (nSPS) is 20.6. The molecule has 160 valence electrons. The fraction of sp³-hybridized carbons (Fsp3) is 0.619. The van der Waals surface area contributed by atoms with E-state index in [4.69, 9.17) is 9.47 Å². The quantitative estimate of drug-likeness (QED) is 0.555. The maximum absolute atomic E-state index is 11.7. The predicted molar refractivity (Wildman–Crippen MR) is 113 cm³/mol. The van der Waals surface area contributed by atoms with Gasteiger partial charge in [0.1, 0.15) is 5.75 Å². The van der Waals surface area contributed by atoms with Crippen molar-refractivity contribution < 1.29 is 14.3 Å². The zero-order chi connectivity index (χ0) is 20.6. The molecule has 1 atom stereocenters. The molecule has 8 nitrogen and oxygen atoms in total. The summed E-state index contributed by atoms with van der Waals surface area (Å²) in [6.45, 7) is 6.42. The number of benzene rings is 1. The molecule has 0 saturated carbocycles. The first-order valence-corrected chi connectivity index (χ1v) is 10.3. The Bertz CT molecular complexity index is 703. The van der Waals surface area contributed by atoms with Crippen molar-refractivity contribution in [1.82, 2.24) is 20.0 Å². The number of hydrogen-bond acceptors (Lipinski definition) is 5. The minimum atomic E-state index is -0.0576.